The lowest BCUT2D eigenvalue weighted by Gasteiger charge is -2.68. The number of fused-ring (bicyclic) bond motifs is 5. The number of Topliss-reactive ketones (excluding diaryl/α,β-unsaturated/α-hetero) is 1. The predicted octanol–water partition coefficient (Wildman–Crippen LogP) is 2.60. The van der Waals surface area contributed by atoms with Gasteiger partial charge in [0.25, 0.3) is 0 Å². The van der Waals surface area contributed by atoms with Crippen LogP contribution in [0, 0.1) is 16.7 Å². The summed E-state index contributed by atoms with van der Waals surface area (Å²) in [6, 6.07) is 23.4. The first-order chi connectivity index (χ1) is 34.5. The number of esters is 4. The third-order valence-electron chi connectivity index (χ3n) is 15.4. The maximum absolute atomic E-state index is 16.2. The summed E-state index contributed by atoms with van der Waals surface area (Å²) < 4.78 is 43.1. The van der Waals surface area contributed by atoms with E-state index in [1.807, 2.05) is 6.07 Å². The number of nitrogens with one attached hydrogen (secondary N) is 1. The SMILES string of the molecule is CC(=O)O[C@H]1C(=O)[C@]2(C)[C@@H](O[C@@H]3OC[C@@H](O)[C@H](O)[C@H]3O)C[C@H]3OC[C@@]3(OC(C)=O)[C@H]2[C@H](OC(=O)c2ccccc2)[C@]2(O)C[C@H](OC(=O)[C@H](O)[C@@H](NC(=O)/C=C/c3ccccc3)c3ccccc3)C(C)=C1C2(C)C. The van der Waals surface area contributed by atoms with Crippen LogP contribution in [-0.2, 0) is 57.1 Å². The van der Waals surface area contributed by atoms with Gasteiger partial charge in [-0.2, -0.15) is 0 Å². The summed E-state index contributed by atoms with van der Waals surface area (Å²) in [5, 5.41) is 60.9. The van der Waals surface area contributed by atoms with Gasteiger partial charge in [-0.3, -0.25) is 19.2 Å². The number of carbonyl (C=O) groups is 6. The number of carbonyl (C=O) groups excluding carboxylic acids is 6. The molecule has 3 aliphatic carbocycles. The third kappa shape index (κ3) is 9.64. The normalized spacial score (nSPS) is 34.3. The van der Waals surface area contributed by atoms with Gasteiger partial charge >= 0.3 is 23.9 Å². The molecule has 0 unspecified atom stereocenters. The molecular weight excluding hydrogens is 951 g/mol. The molecule has 2 aliphatic heterocycles. The topological polar surface area (TPSA) is 280 Å². The van der Waals surface area contributed by atoms with E-state index in [0.29, 0.717) is 11.1 Å². The van der Waals surface area contributed by atoms with Gasteiger partial charge in [-0.15, -0.1) is 0 Å². The van der Waals surface area contributed by atoms with Gasteiger partial charge in [0.05, 0.1) is 42.3 Å². The van der Waals surface area contributed by atoms with E-state index in [1.54, 1.807) is 78.9 Å². The van der Waals surface area contributed by atoms with Crippen molar-refractivity contribution in [1.29, 1.82) is 0 Å². The van der Waals surface area contributed by atoms with Gasteiger partial charge in [0, 0.05) is 38.2 Å². The van der Waals surface area contributed by atoms with E-state index in [-0.39, 0.29) is 23.1 Å². The zero-order valence-corrected chi connectivity index (χ0v) is 41.1. The predicted molar refractivity (Wildman–Crippen MR) is 254 cm³/mol. The first-order valence-corrected chi connectivity index (χ1v) is 24.1. The van der Waals surface area contributed by atoms with Crippen molar-refractivity contribution in [3.63, 3.8) is 0 Å². The summed E-state index contributed by atoms with van der Waals surface area (Å²) in [5.41, 5.74) is -7.32. The van der Waals surface area contributed by atoms with Gasteiger partial charge in [0.2, 0.25) is 5.91 Å². The molecule has 19 heteroatoms. The van der Waals surface area contributed by atoms with Crippen LogP contribution in [0.25, 0.3) is 6.08 Å². The van der Waals surface area contributed by atoms with Crippen molar-refractivity contribution < 1.29 is 87.5 Å². The molecular formula is C54H61NO18. The number of rotatable bonds is 13. The van der Waals surface area contributed by atoms with Gasteiger partial charge in [-0.05, 0) is 54.3 Å². The number of aliphatic hydroxyl groups is 5. The highest BCUT2D eigenvalue weighted by molar-refractivity contribution is 5.96. The van der Waals surface area contributed by atoms with Crippen molar-refractivity contribution in [2.24, 2.45) is 16.7 Å². The first kappa shape index (κ1) is 53.1. The van der Waals surface area contributed by atoms with E-state index in [0.717, 1.165) is 13.8 Å². The van der Waals surface area contributed by atoms with E-state index < -0.39 is 150 Å². The molecule has 2 saturated heterocycles. The molecule has 0 radical (unpaired) electrons. The molecule has 1 amide bonds. The lowest BCUT2D eigenvalue weighted by molar-refractivity contribution is -0.366. The Balaban J connectivity index is 1.28. The van der Waals surface area contributed by atoms with E-state index in [1.165, 1.54) is 45.9 Å². The van der Waals surface area contributed by atoms with Crippen molar-refractivity contribution in [3.05, 3.63) is 125 Å². The number of hydrogen-bond acceptors (Lipinski definition) is 18. The highest BCUT2D eigenvalue weighted by Gasteiger charge is 2.79. The second kappa shape index (κ2) is 20.6. The molecule has 0 aromatic heterocycles. The minimum absolute atomic E-state index is 0.0103. The third-order valence-corrected chi connectivity index (χ3v) is 15.4. The Morgan fingerprint density at radius 1 is 0.822 bits per heavy atom. The molecule has 2 heterocycles. The van der Waals surface area contributed by atoms with Crippen LogP contribution >= 0.6 is 0 Å². The van der Waals surface area contributed by atoms with Gasteiger partial charge in [0.1, 0.15) is 42.2 Å². The molecule has 6 N–H and O–H groups in total. The molecule has 15 atom stereocenters. The maximum atomic E-state index is 16.2. The molecule has 19 nitrogen and oxygen atoms in total. The van der Waals surface area contributed by atoms with Crippen LogP contribution in [0.5, 0.6) is 0 Å². The summed E-state index contributed by atoms with van der Waals surface area (Å²) >= 11 is 0. The fraction of sp³-hybridized carbons (Fsp3) is 0.481. The molecule has 0 spiro atoms. The van der Waals surface area contributed by atoms with Crippen molar-refractivity contribution >= 4 is 41.6 Å². The second-order valence-corrected chi connectivity index (χ2v) is 20.1. The monoisotopic (exact) mass is 1010 g/mol. The number of aliphatic hydroxyl groups excluding tert-OH is 4. The smallest absolute Gasteiger partial charge is 0.338 e. The Morgan fingerprint density at radius 3 is 2.05 bits per heavy atom. The maximum Gasteiger partial charge on any atom is 0.338 e. The Kier molecular flexibility index (Phi) is 15.0. The molecule has 390 valence electrons. The number of ketones is 1. The molecule has 3 aromatic carbocycles. The average molecular weight is 1010 g/mol. The van der Waals surface area contributed by atoms with Crippen LogP contribution in [0.2, 0.25) is 0 Å². The molecule has 2 saturated carbocycles. The number of hydrogen-bond donors (Lipinski definition) is 6. The van der Waals surface area contributed by atoms with Crippen molar-refractivity contribution in [1.82, 2.24) is 5.32 Å². The lowest BCUT2D eigenvalue weighted by atomic mass is 9.44. The fourth-order valence-corrected chi connectivity index (χ4v) is 11.5. The van der Waals surface area contributed by atoms with Gasteiger partial charge < -0.3 is 64.0 Å². The molecule has 73 heavy (non-hydrogen) atoms. The summed E-state index contributed by atoms with van der Waals surface area (Å²) in [5.74, 6) is -7.37. The van der Waals surface area contributed by atoms with Crippen LogP contribution in [0.4, 0.5) is 0 Å². The summed E-state index contributed by atoms with van der Waals surface area (Å²) in [4.78, 5) is 85.6. The number of ether oxygens (including phenoxy) is 7. The Hall–Kier alpha value is -6.16. The fourth-order valence-electron chi connectivity index (χ4n) is 11.5. The van der Waals surface area contributed by atoms with Gasteiger partial charge in [-0.1, -0.05) is 92.7 Å². The molecule has 8 rings (SSSR count). The molecule has 4 fully saturated rings. The van der Waals surface area contributed by atoms with Crippen LogP contribution in [0.15, 0.2) is 108 Å². The number of benzene rings is 3. The zero-order valence-electron chi connectivity index (χ0n) is 41.1. The number of amides is 1. The molecule has 5 aliphatic rings. The Bertz CT molecular complexity index is 2640. The van der Waals surface area contributed by atoms with E-state index in [9.17, 15) is 49.5 Å². The van der Waals surface area contributed by atoms with E-state index in [4.69, 9.17) is 33.2 Å². The minimum Gasteiger partial charge on any atom is -0.456 e. The standard InChI is InChI=1S/C54H61NO18/c1-28-35(70-49(65)42(61)40(32-18-12-8-13-19-32)55-38(59)23-22-31-16-10-7-11-17-31)25-54(66)47(72-48(64)33-20-14-9-15-21-33)45-52(6,46(63)44(69-29(2)56)39(28)51(54,4)5)36(24-37-53(45,27-68-37)73-30(3)57)71-50-43(62)41(60)34(58)26-67-50/h7-23,34-37,40-45,47,50,58,60-62,66H,24-27H2,1-6H3,(H,55,59)/b23-22+/t34-,35+,36+,37-,40+,41+,42-,43-,44-,45+,47+,50+,52-,53+,54-/m1/s1. The van der Waals surface area contributed by atoms with Gasteiger partial charge in [0.15, 0.2) is 29.9 Å². The van der Waals surface area contributed by atoms with Crippen LogP contribution < -0.4 is 5.32 Å². The summed E-state index contributed by atoms with van der Waals surface area (Å²) in [6.45, 7) is 7.23. The van der Waals surface area contributed by atoms with E-state index in [2.05, 4.69) is 5.32 Å². The largest absolute Gasteiger partial charge is 0.456 e. The first-order valence-electron chi connectivity index (χ1n) is 24.1. The minimum atomic E-state index is -2.52. The highest BCUT2D eigenvalue weighted by atomic mass is 16.7. The zero-order chi connectivity index (χ0) is 52.8. The highest BCUT2D eigenvalue weighted by Crippen LogP contribution is 2.65. The van der Waals surface area contributed by atoms with Crippen molar-refractivity contribution in [2.45, 2.75) is 133 Å². The Labute approximate surface area is 421 Å². The summed E-state index contributed by atoms with van der Waals surface area (Å²) in [7, 11) is 0. The van der Waals surface area contributed by atoms with Crippen LogP contribution in [0.1, 0.15) is 81.9 Å². The van der Waals surface area contributed by atoms with Crippen LogP contribution in [-0.4, -0.2) is 147 Å². The van der Waals surface area contributed by atoms with Crippen LogP contribution in [0.3, 0.4) is 0 Å². The summed E-state index contributed by atoms with van der Waals surface area (Å²) in [6.07, 6.45) is -15.2. The quantitative estimate of drug-likeness (QED) is 0.0621. The van der Waals surface area contributed by atoms with Crippen molar-refractivity contribution in [2.75, 3.05) is 13.2 Å². The Morgan fingerprint density at radius 2 is 1.45 bits per heavy atom. The van der Waals surface area contributed by atoms with E-state index >= 15 is 4.79 Å². The lowest BCUT2D eigenvalue weighted by Crippen LogP contribution is -2.82. The van der Waals surface area contributed by atoms with Gasteiger partial charge in [-0.25, -0.2) is 9.59 Å². The molecule has 3 aromatic rings. The van der Waals surface area contributed by atoms with Crippen molar-refractivity contribution in [3.8, 4) is 0 Å². The molecule has 2 bridgehead atoms. The second-order valence-electron chi connectivity index (χ2n) is 20.1. The average Bonchev–Trinajstić information content (AvgIpc) is 3.35.